The summed E-state index contributed by atoms with van der Waals surface area (Å²) in [5.74, 6) is -1.62. The number of nitrogens with one attached hydrogen (secondary N) is 2. The van der Waals surface area contributed by atoms with Gasteiger partial charge in [-0.1, -0.05) is 48.5 Å². The molecule has 0 heterocycles. The molecule has 1 aliphatic carbocycles. The van der Waals surface area contributed by atoms with E-state index in [-0.39, 0.29) is 25.6 Å². The Balaban J connectivity index is 1.51. The number of carboxylic acids is 1. The van der Waals surface area contributed by atoms with E-state index in [0.717, 1.165) is 22.3 Å². The second-order valence-electron chi connectivity index (χ2n) is 8.52. The van der Waals surface area contributed by atoms with Crippen molar-refractivity contribution < 1.29 is 29.3 Å². The van der Waals surface area contributed by atoms with Crippen molar-refractivity contribution in [3.8, 4) is 11.1 Å². The van der Waals surface area contributed by atoms with Gasteiger partial charge in [-0.05, 0) is 36.1 Å². The topological polar surface area (TPSA) is 125 Å². The van der Waals surface area contributed by atoms with E-state index in [1.54, 1.807) is 13.8 Å². The van der Waals surface area contributed by atoms with E-state index < -0.39 is 35.9 Å². The molecule has 0 bridgehead atoms. The van der Waals surface area contributed by atoms with E-state index in [4.69, 9.17) is 9.84 Å². The van der Waals surface area contributed by atoms with Crippen LogP contribution in [0.25, 0.3) is 11.1 Å². The van der Waals surface area contributed by atoms with Gasteiger partial charge in [0, 0.05) is 19.0 Å². The molecule has 8 nitrogen and oxygen atoms in total. The highest BCUT2D eigenvalue weighted by atomic mass is 16.5. The summed E-state index contributed by atoms with van der Waals surface area (Å²) in [6.07, 6.45) is -2.26. The molecule has 2 amide bonds. The Hall–Kier alpha value is -3.39. The van der Waals surface area contributed by atoms with E-state index in [2.05, 4.69) is 22.8 Å². The molecule has 2 aromatic carbocycles. The van der Waals surface area contributed by atoms with E-state index >= 15 is 0 Å². The fourth-order valence-electron chi connectivity index (χ4n) is 3.75. The van der Waals surface area contributed by atoms with Gasteiger partial charge in [0.1, 0.15) is 6.61 Å². The number of aliphatic hydroxyl groups is 1. The predicted molar refractivity (Wildman–Crippen MR) is 118 cm³/mol. The van der Waals surface area contributed by atoms with E-state index in [9.17, 15) is 19.5 Å². The molecule has 2 aromatic rings. The summed E-state index contributed by atoms with van der Waals surface area (Å²) in [7, 11) is 0. The normalized spacial score (nSPS) is 13.6. The van der Waals surface area contributed by atoms with Gasteiger partial charge in [0.25, 0.3) is 0 Å². The van der Waals surface area contributed by atoms with Crippen molar-refractivity contribution in [1.29, 1.82) is 0 Å². The summed E-state index contributed by atoms with van der Waals surface area (Å²) in [4.78, 5) is 35.2. The van der Waals surface area contributed by atoms with Crippen LogP contribution in [0.3, 0.4) is 0 Å². The highest BCUT2D eigenvalue weighted by Crippen LogP contribution is 2.44. The number of aliphatic carboxylic acids is 1. The van der Waals surface area contributed by atoms with Crippen LogP contribution in [0, 0.1) is 5.41 Å². The number of carboxylic acid groups (broad SMARTS) is 1. The number of rotatable bonds is 9. The first-order valence-electron chi connectivity index (χ1n) is 10.5. The zero-order valence-electron chi connectivity index (χ0n) is 18.1. The first-order valence-corrected chi connectivity index (χ1v) is 10.5. The van der Waals surface area contributed by atoms with Crippen LogP contribution >= 0.6 is 0 Å². The van der Waals surface area contributed by atoms with Crippen LogP contribution < -0.4 is 10.6 Å². The zero-order chi connectivity index (χ0) is 23.3. The Labute approximate surface area is 186 Å². The van der Waals surface area contributed by atoms with Crippen molar-refractivity contribution in [2.24, 2.45) is 5.41 Å². The maximum atomic E-state index is 12.3. The number of fused-ring (bicyclic) bond motifs is 3. The second kappa shape index (κ2) is 9.82. The van der Waals surface area contributed by atoms with Crippen LogP contribution in [-0.4, -0.2) is 54.0 Å². The maximum Gasteiger partial charge on any atom is 0.407 e. The fourth-order valence-corrected chi connectivity index (χ4v) is 3.75. The first-order chi connectivity index (χ1) is 15.2. The number of ether oxygens (including phenoxy) is 1. The van der Waals surface area contributed by atoms with Gasteiger partial charge in [-0.15, -0.1) is 0 Å². The van der Waals surface area contributed by atoms with E-state index in [1.165, 1.54) is 0 Å². The smallest absolute Gasteiger partial charge is 0.407 e. The van der Waals surface area contributed by atoms with Crippen molar-refractivity contribution >= 4 is 18.0 Å². The predicted octanol–water partition coefficient (Wildman–Crippen LogP) is 2.50. The quantitative estimate of drug-likeness (QED) is 0.475. The minimum Gasteiger partial charge on any atom is -0.481 e. The Bertz CT molecular complexity index is 958. The minimum atomic E-state index is -1.18. The Kier molecular flexibility index (Phi) is 7.15. The lowest BCUT2D eigenvalue weighted by Crippen LogP contribution is -2.47. The number of carbonyl (C=O) groups excluding carboxylic acids is 2. The number of alkyl carbamates (subject to hydrolysis) is 1. The third-order valence-corrected chi connectivity index (χ3v) is 5.54. The number of amides is 2. The van der Waals surface area contributed by atoms with Crippen LogP contribution in [0.2, 0.25) is 0 Å². The van der Waals surface area contributed by atoms with E-state index in [0.29, 0.717) is 0 Å². The lowest BCUT2D eigenvalue weighted by atomic mass is 9.92. The Morgan fingerprint density at radius 1 is 1.00 bits per heavy atom. The molecule has 0 spiro atoms. The van der Waals surface area contributed by atoms with Gasteiger partial charge >= 0.3 is 12.1 Å². The number of carbonyl (C=O) groups is 3. The molecule has 170 valence electrons. The molecule has 0 aliphatic heterocycles. The van der Waals surface area contributed by atoms with Crippen LogP contribution in [0.5, 0.6) is 0 Å². The molecule has 0 radical (unpaired) electrons. The molecule has 1 aliphatic rings. The van der Waals surface area contributed by atoms with Gasteiger partial charge < -0.3 is 25.6 Å². The molecule has 32 heavy (non-hydrogen) atoms. The van der Waals surface area contributed by atoms with Gasteiger partial charge in [-0.2, -0.15) is 0 Å². The summed E-state index contributed by atoms with van der Waals surface area (Å²) >= 11 is 0. The van der Waals surface area contributed by atoms with E-state index in [1.807, 2.05) is 36.4 Å². The molecule has 8 heteroatoms. The summed E-state index contributed by atoms with van der Waals surface area (Å²) in [6.45, 7) is 3.28. The minimum absolute atomic E-state index is 0.0184. The molecule has 4 N–H and O–H groups in total. The van der Waals surface area contributed by atoms with Gasteiger partial charge in [0.05, 0.1) is 17.9 Å². The van der Waals surface area contributed by atoms with Crippen molar-refractivity contribution in [3.05, 3.63) is 59.7 Å². The average molecular weight is 440 g/mol. The Morgan fingerprint density at radius 3 is 2.12 bits per heavy atom. The molecule has 1 atom stereocenters. The van der Waals surface area contributed by atoms with Crippen molar-refractivity contribution in [1.82, 2.24) is 10.6 Å². The molecule has 3 rings (SSSR count). The van der Waals surface area contributed by atoms with Gasteiger partial charge in [-0.3, -0.25) is 9.59 Å². The Morgan fingerprint density at radius 2 is 1.56 bits per heavy atom. The highest BCUT2D eigenvalue weighted by Gasteiger charge is 2.31. The van der Waals surface area contributed by atoms with Gasteiger partial charge in [0.2, 0.25) is 5.91 Å². The van der Waals surface area contributed by atoms with Crippen LogP contribution in [-0.2, 0) is 14.3 Å². The highest BCUT2D eigenvalue weighted by molar-refractivity contribution is 5.83. The number of aliphatic hydroxyl groups excluding tert-OH is 1. The summed E-state index contributed by atoms with van der Waals surface area (Å²) in [5, 5.41) is 23.4. The van der Waals surface area contributed by atoms with Gasteiger partial charge in [-0.25, -0.2) is 4.79 Å². The SMILES string of the molecule is CC(C)(CNC(=O)OCC1c2ccccc2-c2ccccc21)C(=O)NCC(O)CC(=O)O. The number of hydrogen-bond donors (Lipinski definition) is 4. The average Bonchev–Trinajstić information content (AvgIpc) is 3.08. The molecule has 0 saturated carbocycles. The second-order valence-corrected chi connectivity index (χ2v) is 8.52. The van der Waals surface area contributed by atoms with Crippen molar-refractivity contribution in [3.63, 3.8) is 0 Å². The maximum absolute atomic E-state index is 12.3. The molecular weight excluding hydrogens is 412 g/mol. The molecule has 1 unspecified atom stereocenters. The largest absolute Gasteiger partial charge is 0.481 e. The first kappa shape index (κ1) is 23.3. The lowest BCUT2D eigenvalue weighted by molar-refractivity contribution is -0.139. The monoisotopic (exact) mass is 440 g/mol. The standard InChI is InChI=1S/C24H28N2O6/c1-24(2,22(30)25-12-15(27)11-21(28)29)14-26-23(31)32-13-20-18-9-5-3-7-16(18)17-8-4-6-10-19(17)20/h3-10,15,20,27H,11-14H2,1-2H3,(H,25,30)(H,26,31)(H,28,29). The summed E-state index contributed by atoms with van der Waals surface area (Å²) in [6, 6.07) is 16.1. The number of hydrogen-bond acceptors (Lipinski definition) is 5. The number of benzene rings is 2. The molecular formula is C24H28N2O6. The zero-order valence-corrected chi connectivity index (χ0v) is 18.1. The summed E-state index contributed by atoms with van der Waals surface area (Å²) < 4.78 is 5.47. The summed E-state index contributed by atoms with van der Waals surface area (Å²) in [5.41, 5.74) is 3.52. The van der Waals surface area contributed by atoms with Crippen LogP contribution in [0.15, 0.2) is 48.5 Å². The van der Waals surface area contributed by atoms with Crippen molar-refractivity contribution in [2.75, 3.05) is 19.7 Å². The third kappa shape index (κ3) is 5.45. The molecule has 0 fully saturated rings. The lowest BCUT2D eigenvalue weighted by Gasteiger charge is -2.24. The van der Waals surface area contributed by atoms with Crippen LogP contribution in [0.4, 0.5) is 4.79 Å². The fraction of sp³-hybridized carbons (Fsp3) is 0.375. The molecule has 0 aromatic heterocycles. The van der Waals surface area contributed by atoms with Crippen molar-refractivity contribution in [2.45, 2.75) is 32.3 Å². The van der Waals surface area contributed by atoms with Gasteiger partial charge in [0.15, 0.2) is 0 Å². The third-order valence-electron chi connectivity index (χ3n) is 5.54. The van der Waals surface area contributed by atoms with Crippen LogP contribution in [0.1, 0.15) is 37.3 Å². The molecule has 0 saturated heterocycles.